The third kappa shape index (κ3) is 1.11. The smallest absolute Gasteiger partial charge is 0.202 e. The van der Waals surface area contributed by atoms with Crippen molar-refractivity contribution in [3.05, 3.63) is 23.3 Å². The second-order valence-electron chi connectivity index (χ2n) is 2.26. The fraction of sp³-hybridized carbons (Fsp3) is 0.143. The highest BCUT2D eigenvalue weighted by atomic mass is 19.2. The largest absolute Gasteiger partial charge is 0.503 e. The molecule has 0 bridgehead atoms. The molecule has 4 heteroatoms. The molecular weight excluding hydrogens is 152 g/mol. The Hall–Kier alpha value is -1.32. The summed E-state index contributed by atoms with van der Waals surface area (Å²) in [6.07, 6.45) is 0. The van der Waals surface area contributed by atoms with Crippen LogP contribution in [0.2, 0.25) is 0 Å². The van der Waals surface area contributed by atoms with Gasteiger partial charge in [0.25, 0.3) is 0 Å². The van der Waals surface area contributed by atoms with Gasteiger partial charge in [0.05, 0.1) is 5.69 Å². The Labute approximate surface area is 62.3 Å². The van der Waals surface area contributed by atoms with Gasteiger partial charge in [-0.05, 0) is 18.6 Å². The summed E-state index contributed by atoms with van der Waals surface area (Å²) >= 11 is 0. The van der Waals surface area contributed by atoms with Crippen molar-refractivity contribution in [2.24, 2.45) is 0 Å². The van der Waals surface area contributed by atoms with Crippen molar-refractivity contribution in [1.82, 2.24) is 0 Å². The molecule has 0 aromatic heterocycles. The summed E-state index contributed by atoms with van der Waals surface area (Å²) in [5.41, 5.74) is 5.06. The van der Waals surface area contributed by atoms with Crippen LogP contribution in [-0.4, -0.2) is 5.11 Å². The lowest BCUT2D eigenvalue weighted by Crippen LogP contribution is -1.95. The maximum Gasteiger partial charge on any atom is 0.202 e. The molecule has 1 rings (SSSR count). The molecular formula is C7H7F2NO. The van der Waals surface area contributed by atoms with Crippen LogP contribution in [0.3, 0.4) is 0 Å². The van der Waals surface area contributed by atoms with E-state index in [1.807, 2.05) is 0 Å². The van der Waals surface area contributed by atoms with Gasteiger partial charge in [-0.15, -0.1) is 0 Å². The molecule has 0 spiro atoms. The van der Waals surface area contributed by atoms with Crippen molar-refractivity contribution in [3.63, 3.8) is 0 Å². The number of nitrogens with two attached hydrogens (primary N) is 1. The number of hydrogen-bond acceptors (Lipinski definition) is 2. The van der Waals surface area contributed by atoms with Crippen LogP contribution in [-0.2, 0) is 0 Å². The van der Waals surface area contributed by atoms with Crippen LogP contribution in [0, 0.1) is 18.6 Å². The molecule has 1 aromatic carbocycles. The van der Waals surface area contributed by atoms with E-state index in [-0.39, 0.29) is 11.3 Å². The third-order valence-corrected chi connectivity index (χ3v) is 1.39. The molecule has 0 aliphatic rings. The number of aromatic hydroxyl groups is 1. The first-order valence-electron chi connectivity index (χ1n) is 2.97. The zero-order valence-corrected chi connectivity index (χ0v) is 5.86. The predicted molar refractivity (Wildman–Crippen MR) is 37.2 cm³/mol. The van der Waals surface area contributed by atoms with E-state index in [2.05, 4.69) is 0 Å². The molecule has 1 aromatic rings. The van der Waals surface area contributed by atoms with Gasteiger partial charge in [0.2, 0.25) is 5.82 Å². The van der Waals surface area contributed by atoms with Crippen LogP contribution in [0.5, 0.6) is 5.75 Å². The average molecular weight is 159 g/mol. The Morgan fingerprint density at radius 1 is 1.36 bits per heavy atom. The van der Waals surface area contributed by atoms with Crippen LogP contribution in [0.1, 0.15) is 5.56 Å². The maximum atomic E-state index is 12.6. The van der Waals surface area contributed by atoms with Crippen LogP contribution < -0.4 is 5.73 Å². The molecule has 0 unspecified atom stereocenters. The minimum Gasteiger partial charge on any atom is -0.503 e. The molecule has 0 saturated carbocycles. The molecule has 0 radical (unpaired) electrons. The number of rotatable bonds is 0. The van der Waals surface area contributed by atoms with Gasteiger partial charge >= 0.3 is 0 Å². The van der Waals surface area contributed by atoms with Crippen LogP contribution in [0.15, 0.2) is 6.07 Å². The Morgan fingerprint density at radius 2 is 1.91 bits per heavy atom. The van der Waals surface area contributed by atoms with Gasteiger partial charge in [-0.25, -0.2) is 4.39 Å². The lowest BCUT2D eigenvalue weighted by molar-refractivity contribution is 0.407. The topological polar surface area (TPSA) is 46.2 Å². The van der Waals surface area contributed by atoms with Gasteiger partial charge in [-0.2, -0.15) is 4.39 Å². The molecule has 0 heterocycles. The SMILES string of the molecule is Cc1cc(N)c(O)c(F)c1F. The fourth-order valence-electron chi connectivity index (χ4n) is 0.769. The van der Waals surface area contributed by atoms with E-state index < -0.39 is 17.4 Å². The number of benzene rings is 1. The van der Waals surface area contributed by atoms with E-state index >= 15 is 0 Å². The van der Waals surface area contributed by atoms with E-state index in [4.69, 9.17) is 10.8 Å². The second-order valence-corrected chi connectivity index (χ2v) is 2.26. The summed E-state index contributed by atoms with van der Waals surface area (Å²) in [5, 5.41) is 8.77. The predicted octanol–water partition coefficient (Wildman–Crippen LogP) is 1.56. The van der Waals surface area contributed by atoms with Crippen LogP contribution >= 0.6 is 0 Å². The lowest BCUT2D eigenvalue weighted by atomic mass is 10.2. The van der Waals surface area contributed by atoms with Gasteiger partial charge in [-0.3, -0.25) is 0 Å². The van der Waals surface area contributed by atoms with Crippen molar-refractivity contribution in [1.29, 1.82) is 0 Å². The lowest BCUT2D eigenvalue weighted by Gasteiger charge is -2.02. The highest BCUT2D eigenvalue weighted by Gasteiger charge is 2.13. The Kier molecular flexibility index (Phi) is 1.68. The first kappa shape index (κ1) is 7.78. The van der Waals surface area contributed by atoms with Crippen LogP contribution in [0.25, 0.3) is 0 Å². The standard InChI is InChI=1S/C7H7F2NO/c1-3-2-4(10)7(11)6(9)5(3)8/h2,11H,10H2,1H3. The zero-order valence-electron chi connectivity index (χ0n) is 5.86. The van der Waals surface area contributed by atoms with Crippen molar-refractivity contribution >= 4 is 5.69 Å². The second kappa shape index (κ2) is 2.38. The van der Waals surface area contributed by atoms with Gasteiger partial charge in [-0.1, -0.05) is 0 Å². The summed E-state index contributed by atoms with van der Waals surface area (Å²) < 4.78 is 25.1. The maximum absolute atomic E-state index is 12.6. The number of anilines is 1. The Bertz CT molecular complexity index is 273. The number of phenolic OH excluding ortho intramolecular Hbond substituents is 1. The molecule has 11 heavy (non-hydrogen) atoms. The van der Waals surface area contributed by atoms with E-state index in [9.17, 15) is 8.78 Å². The summed E-state index contributed by atoms with van der Waals surface area (Å²) in [4.78, 5) is 0. The zero-order chi connectivity index (χ0) is 8.59. The monoisotopic (exact) mass is 159 g/mol. The number of nitrogen functional groups attached to an aromatic ring is 1. The first-order valence-corrected chi connectivity index (χ1v) is 2.97. The molecule has 0 aliphatic carbocycles. The van der Waals surface area contributed by atoms with Crippen molar-refractivity contribution in [2.75, 3.05) is 5.73 Å². The molecule has 0 amide bonds. The molecule has 0 atom stereocenters. The third-order valence-electron chi connectivity index (χ3n) is 1.39. The van der Waals surface area contributed by atoms with Crippen molar-refractivity contribution < 1.29 is 13.9 Å². The first-order chi connectivity index (χ1) is 5.04. The van der Waals surface area contributed by atoms with Gasteiger partial charge < -0.3 is 10.8 Å². The fourth-order valence-corrected chi connectivity index (χ4v) is 0.769. The number of halogens is 2. The highest BCUT2D eigenvalue weighted by molar-refractivity contribution is 5.54. The van der Waals surface area contributed by atoms with Crippen molar-refractivity contribution in [2.45, 2.75) is 6.92 Å². The van der Waals surface area contributed by atoms with Crippen molar-refractivity contribution in [3.8, 4) is 5.75 Å². The minimum atomic E-state index is -1.29. The Morgan fingerprint density at radius 3 is 2.45 bits per heavy atom. The van der Waals surface area contributed by atoms with Gasteiger partial charge in [0.15, 0.2) is 11.6 Å². The molecule has 3 N–H and O–H groups in total. The summed E-state index contributed by atoms with van der Waals surface area (Å²) in [7, 11) is 0. The molecule has 60 valence electrons. The van der Waals surface area contributed by atoms with E-state index in [1.54, 1.807) is 0 Å². The molecule has 0 saturated heterocycles. The quantitative estimate of drug-likeness (QED) is 0.445. The molecule has 2 nitrogen and oxygen atoms in total. The summed E-state index contributed by atoms with van der Waals surface area (Å²) in [5.74, 6) is -3.17. The van der Waals surface area contributed by atoms with E-state index in [0.717, 1.165) is 0 Å². The average Bonchev–Trinajstić information content (AvgIpc) is 1.97. The number of aryl methyl sites for hydroxylation is 1. The number of phenols is 1. The summed E-state index contributed by atoms with van der Waals surface area (Å²) in [6, 6.07) is 1.17. The van der Waals surface area contributed by atoms with E-state index in [0.29, 0.717) is 0 Å². The van der Waals surface area contributed by atoms with Gasteiger partial charge in [0, 0.05) is 0 Å². The minimum absolute atomic E-state index is 0.0813. The Balaban J connectivity index is 3.46. The molecule has 0 aliphatic heterocycles. The van der Waals surface area contributed by atoms with Gasteiger partial charge in [0.1, 0.15) is 0 Å². The highest BCUT2D eigenvalue weighted by Crippen LogP contribution is 2.27. The molecule has 0 fully saturated rings. The number of hydrogen-bond donors (Lipinski definition) is 2. The normalized spacial score (nSPS) is 10.1. The van der Waals surface area contributed by atoms with E-state index in [1.165, 1.54) is 13.0 Å². The van der Waals surface area contributed by atoms with Crippen LogP contribution in [0.4, 0.5) is 14.5 Å². The summed E-state index contributed by atoms with van der Waals surface area (Å²) in [6.45, 7) is 1.37.